The number of ether oxygens (including phenoxy) is 3. The molecule has 434 valence electrons. The summed E-state index contributed by atoms with van der Waals surface area (Å²) in [6.07, 6.45) is 91.4. The second-order valence-electron chi connectivity index (χ2n) is 20.2. The van der Waals surface area contributed by atoms with E-state index < -0.39 is 6.10 Å². The van der Waals surface area contributed by atoms with Gasteiger partial charge in [-0.15, -0.1) is 0 Å². The van der Waals surface area contributed by atoms with Crippen LogP contribution < -0.4 is 0 Å². The SMILES string of the molecule is CC/C=C\C/C=C\C/C=C\C/C=C\C/C=C\C/C=C\C/C=C\C/C=C\CCCCC(=O)OCC(COC(=O)CCCCCCCCCCC)OC(=O)CCCCCCCCCCCC/C=C\C/C=C\C/C=C\C/C=C\CC. The van der Waals surface area contributed by atoms with E-state index in [4.69, 9.17) is 14.2 Å². The van der Waals surface area contributed by atoms with Crippen LogP contribution in [0.25, 0.3) is 0 Å². The molecular weight excluding hydrogens is 949 g/mol. The first-order valence-electron chi connectivity index (χ1n) is 31.3. The summed E-state index contributed by atoms with van der Waals surface area (Å²) in [5.41, 5.74) is 0. The van der Waals surface area contributed by atoms with Crippen LogP contribution >= 0.6 is 0 Å². The van der Waals surface area contributed by atoms with Gasteiger partial charge in [0.2, 0.25) is 0 Å². The zero-order valence-electron chi connectivity index (χ0n) is 49.7. The molecule has 0 aliphatic rings. The molecule has 0 spiro atoms. The lowest BCUT2D eigenvalue weighted by atomic mass is 10.0. The number of hydrogen-bond acceptors (Lipinski definition) is 6. The third kappa shape index (κ3) is 62.0. The molecule has 0 aromatic carbocycles. The second-order valence-corrected chi connectivity index (χ2v) is 20.2. The first-order valence-corrected chi connectivity index (χ1v) is 31.3. The van der Waals surface area contributed by atoms with E-state index in [1.165, 1.54) is 89.9 Å². The Morgan fingerprint density at radius 2 is 0.506 bits per heavy atom. The molecule has 0 bridgehead atoms. The lowest BCUT2D eigenvalue weighted by molar-refractivity contribution is -0.167. The molecular formula is C71H114O6. The lowest BCUT2D eigenvalue weighted by Gasteiger charge is -2.18. The van der Waals surface area contributed by atoms with Gasteiger partial charge in [-0.25, -0.2) is 0 Å². The molecule has 0 fully saturated rings. The minimum atomic E-state index is -0.803. The van der Waals surface area contributed by atoms with Crippen LogP contribution in [0.1, 0.15) is 265 Å². The average Bonchev–Trinajstić information content (AvgIpc) is 3.43. The minimum absolute atomic E-state index is 0.0969. The maximum atomic E-state index is 12.9. The molecule has 6 nitrogen and oxygen atoms in total. The Morgan fingerprint density at radius 3 is 0.818 bits per heavy atom. The average molecular weight is 1060 g/mol. The fourth-order valence-electron chi connectivity index (χ4n) is 8.21. The molecule has 0 saturated heterocycles. The van der Waals surface area contributed by atoms with E-state index >= 15 is 0 Å². The van der Waals surface area contributed by atoms with Crippen molar-refractivity contribution in [1.82, 2.24) is 0 Å². The molecule has 0 rings (SSSR count). The summed E-state index contributed by atoms with van der Waals surface area (Å²) in [7, 11) is 0. The maximum Gasteiger partial charge on any atom is 0.306 e. The highest BCUT2D eigenvalue weighted by Gasteiger charge is 2.19. The highest BCUT2D eigenvalue weighted by atomic mass is 16.6. The van der Waals surface area contributed by atoms with Crippen molar-refractivity contribution in [3.8, 4) is 0 Å². The van der Waals surface area contributed by atoms with Gasteiger partial charge in [0.05, 0.1) is 0 Å². The van der Waals surface area contributed by atoms with Crippen LogP contribution in [-0.4, -0.2) is 37.2 Å². The fourth-order valence-corrected chi connectivity index (χ4v) is 8.21. The molecule has 0 radical (unpaired) electrons. The first-order chi connectivity index (χ1) is 38.0. The number of unbranched alkanes of at least 4 members (excludes halogenated alkanes) is 20. The number of hydrogen-bond donors (Lipinski definition) is 0. The van der Waals surface area contributed by atoms with Crippen molar-refractivity contribution < 1.29 is 28.6 Å². The van der Waals surface area contributed by atoms with Gasteiger partial charge in [0.25, 0.3) is 0 Å². The molecule has 1 unspecified atom stereocenters. The van der Waals surface area contributed by atoms with E-state index in [-0.39, 0.29) is 31.1 Å². The van der Waals surface area contributed by atoms with E-state index in [0.717, 1.165) is 128 Å². The quantitative estimate of drug-likeness (QED) is 0.0261. The molecule has 0 aliphatic heterocycles. The van der Waals surface area contributed by atoms with E-state index in [0.29, 0.717) is 25.7 Å². The summed E-state index contributed by atoms with van der Waals surface area (Å²) in [5, 5.41) is 0. The van der Waals surface area contributed by atoms with Crippen LogP contribution in [0.4, 0.5) is 0 Å². The van der Waals surface area contributed by atoms with Gasteiger partial charge in [0.15, 0.2) is 6.10 Å². The molecule has 0 amide bonds. The van der Waals surface area contributed by atoms with Crippen molar-refractivity contribution >= 4 is 17.9 Å². The fraction of sp³-hybridized carbons (Fsp3) is 0.620. The third-order valence-corrected chi connectivity index (χ3v) is 12.8. The minimum Gasteiger partial charge on any atom is -0.462 e. The molecule has 0 aromatic heterocycles. The van der Waals surface area contributed by atoms with E-state index in [2.05, 4.69) is 167 Å². The topological polar surface area (TPSA) is 78.9 Å². The summed E-state index contributed by atoms with van der Waals surface area (Å²) < 4.78 is 16.8. The molecule has 0 heterocycles. The zero-order valence-corrected chi connectivity index (χ0v) is 49.7. The Balaban J connectivity index is 4.36. The number of allylic oxidation sites excluding steroid dienone is 24. The van der Waals surface area contributed by atoms with Gasteiger partial charge in [-0.1, -0.05) is 269 Å². The molecule has 1 atom stereocenters. The van der Waals surface area contributed by atoms with Gasteiger partial charge < -0.3 is 14.2 Å². The number of carbonyl (C=O) groups excluding carboxylic acids is 3. The van der Waals surface area contributed by atoms with Crippen LogP contribution in [0.3, 0.4) is 0 Å². The Labute approximate surface area is 474 Å². The summed E-state index contributed by atoms with van der Waals surface area (Å²) in [6.45, 7) is 6.35. The van der Waals surface area contributed by atoms with Crippen LogP contribution in [0.5, 0.6) is 0 Å². The molecule has 0 saturated carbocycles. The van der Waals surface area contributed by atoms with Crippen LogP contribution in [-0.2, 0) is 28.6 Å². The predicted octanol–water partition coefficient (Wildman–Crippen LogP) is 21.5. The predicted molar refractivity (Wildman–Crippen MR) is 334 cm³/mol. The van der Waals surface area contributed by atoms with Crippen molar-refractivity contribution in [3.63, 3.8) is 0 Å². The van der Waals surface area contributed by atoms with E-state index in [9.17, 15) is 14.4 Å². The zero-order chi connectivity index (χ0) is 55.7. The standard InChI is InChI=1S/C71H114O6/c1-4-7-10-13-16-19-21-23-25-27-29-31-33-34-35-36-38-39-41-43-45-47-49-52-55-58-61-64-70(73)76-67-68(66-75-69(72)63-60-57-54-51-18-15-12-9-6-3)77-71(74)65-62-59-56-53-50-48-46-44-42-40-37-32-30-28-26-24-22-20-17-14-11-8-5-2/h7-8,10-11,16-17,19-20,23-26,29-32,34-35,38-39,43,45,49,52,68H,4-6,9,12-15,18,21-22,27-28,33,36-37,40-42,44,46-48,50-51,53-67H2,1-3H3/b10-7-,11-8-,19-16-,20-17-,25-23-,26-24-,31-29-,32-30-,35-34-,39-38-,45-43-,52-49-. The normalized spacial score (nSPS) is 13.1. The van der Waals surface area contributed by atoms with Crippen molar-refractivity contribution in [2.24, 2.45) is 0 Å². The number of carbonyl (C=O) groups is 3. The van der Waals surface area contributed by atoms with Crippen molar-refractivity contribution in [2.45, 2.75) is 271 Å². The smallest absolute Gasteiger partial charge is 0.306 e. The highest BCUT2D eigenvalue weighted by molar-refractivity contribution is 5.71. The van der Waals surface area contributed by atoms with Crippen LogP contribution in [0.2, 0.25) is 0 Å². The van der Waals surface area contributed by atoms with Gasteiger partial charge in [-0.2, -0.15) is 0 Å². The second kappa shape index (κ2) is 63.8. The van der Waals surface area contributed by atoms with Crippen LogP contribution in [0.15, 0.2) is 146 Å². The van der Waals surface area contributed by atoms with Gasteiger partial charge >= 0.3 is 17.9 Å². The molecule has 0 aliphatic carbocycles. The van der Waals surface area contributed by atoms with Crippen molar-refractivity contribution in [1.29, 1.82) is 0 Å². The van der Waals surface area contributed by atoms with Gasteiger partial charge in [-0.05, 0) is 122 Å². The molecule has 0 N–H and O–H groups in total. The van der Waals surface area contributed by atoms with Gasteiger partial charge in [0.1, 0.15) is 13.2 Å². The summed E-state index contributed by atoms with van der Waals surface area (Å²) in [5.74, 6) is -0.951. The Bertz CT molecular complexity index is 1700. The van der Waals surface area contributed by atoms with Gasteiger partial charge in [-0.3, -0.25) is 14.4 Å². The number of rotatable bonds is 55. The lowest BCUT2D eigenvalue weighted by Crippen LogP contribution is -2.30. The molecule has 77 heavy (non-hydrogen) atoms. The summed E-state index contributed by atoms with van der Waals surface area (Å²) in [4.78, 5) is 38.2. The van der Waals surface area contributed by atoms with E-state index in [1.54, 1.807) is 0 Å². The largest absolute Gasteiger partial charge is 0.462 e. The van der Waals surface area contributed by atoms with Gasteiger partial charge in [0, 0.05) is 19.3 Å². The number of esters is 3. The first kappa shape index (κ1) is 72.3. The van der Waals surface area contributed by atoms with Crippen molar-refractivity contribution in [2.75, 3.05) is 13.2 Å². The Hall–Kier alpha value is -4.71. The molecule has 0 aromatic rings. The Morgan fingerprint density at radius 1 is 0.273 bits per heavy atom. The van der Waals surface area contributed by atoms with E-state index in [1.807, 2.05) is 0 Å². The monoisotopic (exact) mass is 1060 g/mol. The molecule has 6 heteroatoms. The highest BCUT2D eigenvalue weighted by Crippen LogP contribution is 2.15. The Kier molecular flexibility index (Phi) is 59.9. The summed E-state index contributed by atoms with van der Waals surface area (Å²) in [6, 6.07) is 0. The third-order valence-electron chi connectivity index (χ3n) is 12.8. The maximum absolute atomic E-state index is 12.9. The van der Waals surface area contributed by atoms with Crippen molar-refractivity contribution in [3.05, 3.63) is 146 Å². The van der Waals surface area contributed by atoms with Crippen LogP contribution in [0, 0.1) is 0 Å². The summed E-state index contributed by atoms with van der Waals surface area (Å²) >= 11 is 0.